The van der Waals surface area contributed by atoms with Crippen LogP contribution >= 0.6 is 0 Å². The minimum absolute atomic E-state index is 0.480. The van der Waals surface area contributed by atoms with E-state index in [1.54, 1.807) is 24.3 Å². The Labute approximate surface area is 114 Å². The zero-order valence-corrected chi connectivity index (χ0v) is 10.8. The first-order chi connectivity index (χ1) is 9.38. The Morgan fingerprint density at radius 3 is 2.45 bits per heavy atom. The second-order valence-corrected chi connectivity index (χ2v) is 3.96. The van der Waals surface area contributed by atoms with Gasteiger partial charge in [-0.05, 0) is 31.2 Å². The van der Waals surface area contributed by atoms with Gasteiger partial charge in [0.05, 0.1) is 6.61 Å². The van der Waals surface area contributed by atoms with Crippen LogP contribution < -0.4 is 15.8 Å². The highest BCUT2D eigenvalue weighted by Gasteiger charge is 2.42. The predicted molar refractivity (Wildman–Crippen MR) is 69.1 cm³/mol. The van der Waals surface area contributed by atoms with E-state index in [1.165, 1.54) is 0 Å². The molecule has 0 bridgehead atoms. The van der Waals surface area contributed by atoms with Gasteiger partial charge in [0.15, 0.2) is 5.84 Å². The van der Waals surface area contributed by atoms with Crippen molar-refractivity contribution in [1.29, 1.82) is 0 Å². The van der Waals surface area contributed by atoms with Crippen LogP contribution in [0.25, 0.3) is 0 Å². The van der Waals surface area contributed by atoms with Gasteiger partial charge in [0.1, 0.15) is 11.7 Å². The summed E-state index contributed by atoms with van der Waals surface area (Å²) >= 11 is 0. The molecule has 5 nitrogen and oxygen atoms in total. The second-order valence-electron chi connectivity index (χ2n) is 3.96. The molecule has 1 rings (SSSR count). The van der Waals surface area contributed by atoms with Crippen molar-refractivity contribution in [1.82, 2.24) is 0 Å². The van der Waals surface area contributed by atoms with Crippen molar-refractivity contribution in [2.24, 2.45) is 16.8 Å². The topological polar surface area (TPSA) is 79.9 Å². The van der Waals surface area contributed by atoms with Crippen LogP contribution in [0.4, 0.5) is 18.9 Å². The van der Waals surface area contributed by atoms with Gasteiger partial charge in [-0.25, -0.2) is 0 Å². The second kappa shape index (κ2) is 6.88. The van der Waals surface area contributed by atoms with Crippen LogP contribution in [0, 0.1) is 5.92 Å². The van der Waals surface area contributed by atoms with Crippen LogP contribution in [-0.2, 0) is 0 Å². The van der Waals surface area contributed by atoms with Crippen LogP contribution in [0.15, 0.2) is 29.4 Å². The Kier molecular flexibility index (Phi) is 5.48. The molecule has 0 heterocycles. The third-order valence-electron chi connectivity index (χ3n) is 2.54. The maximum Gasteiger partial charge on any atom is 0.400 e. The molecule has 0 aromatic heterocycles. The molecule has 0 aliphatic rings. The minimum atomic E-state index is -4.59. The highest BCUT2D eigenvalue weighted by Crippen LogP contribution is 2.27. The molecule has 0 fully saturated rings. The fourth-order valence-corrected chi connectivity index (χ4v) is 1.51. The zero-order chi connectivity index (χ0) is 15.2. The summed E-state index contributed by atoms with van der Waals surface area (Å²) in [5.41, 5.74) is 5.53. The molecule has 1 unspecified atom stereocenters. The van der Waals surface area contributed by atoms with Crippen molar-refractivity contribution in [2.45, 2.75) is 13.1 Å². The van der Waals surface area contributed by atoms with Crippen molar-refractivity contribution < 1.29 is 23.1 Å². The van der Waals surface area contributed by atoms with Crippen molar-refractivity contribution >= 4 is 11.5 Å². The van der Waals surface area contributed by atoms with E-state index in [1.807, 2.05) is 6.92 Å². The number of benzene rings is 1. The number of ether oxygens (including phenoxy) is 1. The molecular weight excluding hydrogens is 275 g/mol. The number of rotatable bonds is 6. The molecule has 112 valence electrons. The molecule has 20 heavy (non-hydrogen) atoms. The number of halogens is 3. The van der Waals surface area contributed by atoms with Crippen LogP contribution in [0.5, 0.6) is 5.75 Å². The molecule has 0 amide bonds. The molecule has 4 N–H and O–H groups in total. The van der Waals surface area contributed by atoms with E-state index >= 15 is 0 Å². The SMILES string of the molecule is CCOc1ccc(NCC(/C(N)=N/O)C(F)(F)F)cc1. The molecule has 8 heteroatoms. The Balaban J connectivity index is 2.68. The Morgan fingerprint density at radius 1 is 1.40 bits per heavy atom. The average molecular weight is 291 g/mol. The van der Waals surface area contributed by atoms with E-state index < -0.39 is 24.5 Å². The summed E-state index contributed by atoms with van der Waals surface area (Å²) in [5.74, 6) is -2.31. The maximum atomic E-state index is 12.7. The molecule has 1 aromatic rings. The third-order valence-corrected chi connectivity index (χ3v) is 2.54. The summed E-state index contributed by atoms with van der Waals surface area (Å²) in [6.45, 7) is 1.82. The first-order valence-electron chi connectivity index (χ1n) is 5.89. The Bertz CT molecular complexity index is 446. The Hall–Kier alpha value is -2.12. The van der Waals surface area contributed by atoms with Gasteiger partial charge in [0, 0.05) is 12.2 Å². The third kappa shape index (κ3) is 4.52. The first-order valence-corrected chi connectivity index (χ1v) is 5.89. The van der Waals surface area contributed by atoms with E-state index in [4.69, 9.17) is 15.7 Å². The van der Waals surface area contributed by atoms with Gasteiger partial charge in [-0.1, -0.05) is 5.16 Å². The van der Waals surface area contributed by atoms with E-state index in [0.717, 1.165) is 0 Å². The standard InChI is InChI=1S/C12H16F3N3O2/c1-2-20-9-5-3-8(4-6-9)17-7-10(11(16)18-19)12(13,14)15/h3-6,10,17,19H,2,7H2,1H3,(H2,16,18). The van der Waals surface area contributed by atoms with Gasteiger partial charge in [-0.3, -0.25) is 0 Å². The number of nitrogens with zero attached hydrogens (tertiary/aromatic N) is 1. The molecule has 0 aliphatic heterocycles. The van der Waals surface area contributed by atoms with Gasteiger partial charge < -0.3 is 21.0 Å². The van der Waals surface area contributed by atoms with Gasteiger partial charge in [0.2, 0.25) is 0 Å². The maximum absolute atomic E-state index is 12.7. The van der Waals surface area contributed by atoms with Gasteiger partial charge in [-0.15, -0.1) is 0 Å². The highest BCUT2D eigenvalue weighted by atomic mass is 19.4. The molecule has 1 atom stereocenters. The molecule has 0 aliphatic carbocycles. The van der Waals surface area contributed by atoms with Crippen LogP contribution in [-0.4, -0.2) is 30.4 Å². The number of anilines is 1. The summed E-state index contributed by atoms with van der Waals surface area (Å²) in [7, 11) is 0. The lowest BCUT2D eigenvalue weighted by molar-refractivity contribution is -0.152. The van der Waals surface area contributed by atoms with E-state index in [9.17, 15) is 13.2 Å². The van der Waals surface area contributed by atoms with Crippen molar-refractivity contribution in [3.8, 4) is 5.75 Å². The fraction of sp³-hybridized carbons (Fsp3) is 0.417. The molecular formula is C12H16F3N3O2. The number of nitrogens with one attached hydrogen (secondary N) is 1. The van der Waals surface area contributed by atoms with Crippen molar-refractivity contribution in [2.75, 3.05) is 18.5 Å². The fourth-order valence-electron chi connectivity index (χ4n) is 1.51. The Morgan fingerprint density at radius 2 is 2.00 bits per heavy atom. The van der Waals surface area contributed by atoms with Crippen molar-refractivity contribution in [3.05, 3.63) is 24.3 Å². The normalized spacial score (nSPS) is 13.9. The lowest BCUT2D eigenvalue weighted by Crippen LogP contribution is -2.40. The highest BCUT2D eigenvalue weighted by molar-refractivity contribution is 5.83. The summed E-state index contributed by atoms with van der Waals surface area (Å²) in [5, 5.41) is 13.4. The van der Waals surface area contributed by atoms with E-state index in [0.29, 0.717) is 18.0 Å². The zero-order valence-electron chi connectivity index (χ0n) is 10.8. The lowest BCUT2D eigenvalue weighted by atomic mass is 10.1. The molecule has 0 spiro atoms. The number of hydrogen-bond acceptors (Lipinski definition) is 4. The summed E-state index contributed by atoms with van der Waals surface area (Å²) in [4.78, 5) is 0. The average Bonchev–Trinajstić information content (AvgIpc) is 2.39. The first kappa shape index (κ1) is 15.9. The van der Waals surface area contributed by atoms with Gasteiger partial charge >= 0.3 is 6.18 Å². The molecule has 0 radical (unpaired) electrons. The number of oxime groups is 1. The summed E-state index contributed by atoms with van der Waals surface area (Å²) in [6, 6.07) is 6.45. The lowest BCUT2D eigenvalue weighted by Gasteiger charge is -2.19. The van der Waals surface area contributed by atoms with Crippen LogP contribution in [0.1, 0.15) is 6.92 Å². The molecule has 0 saturated carbocycles. The van der Waals surface area contributed by atoms with E-state index in [-0.39, 0.29) is 0 Å². The monoisotopic (exact) mass is 291 g/mol. The minimum Gasteiger partial charge on any atom is -0.494 e. The van der Waals surface area contributed by atoms with Crippen LogP contribution in [0.2, 0.25) is 0 Å². The molecule has 1 aromatic carbocycles. The van der Waals surface area contributed by atoms with Gasteiger partial charge in [-0.2, -0.15) is 13.2 Å². The number of nitrogens with two attached hydrogens (primary N) is 1. The number of hydrogen-bond donors (Lipinski definition) is 3. The number of amidine groups is 1. The summed E-state index contributed by atoms with van der Waals surface area (Å²) < 4.78 is 43.3. The van der Waals surface area contributed by atoms with Crippen molar-refractivity contribution in [3.63, 3.8) is 0 Å². The molecule has 0 saturated heterocycles. The smallest absolute Gasteiger partial charge is 0.400 e. The quantitative estimate of drug-likeness (QED) is 0.325. The number of alkyl halides is 3. The van der Waals surface area contributed by atoms with Crippen LogP contribution in [0.3, 0.4) is 0 Å². The van der Waals surface area contributed by atoms with E-state index in [2.05, 4.69) is 10.5 Å². The predicted octanol–water partition coefficient (Wildman–Crippen LogP) is 2.42. The van der Waals surface area contributed by atoms with Gasteiger partial charge in [0.25, 0.3) is 0 Å². The largest absolute Gasteiger partial charge is 0.494 e. The summed E-state index contributed by atoms with van der Waals surface area (Å²) in [6.07, 6.45) is -4.59.